The molecule has 2 aromatic rings. The van der Waals surface area contributed by atoms with Gasteiger partial charge in [0.1, 0.15) is 11.5 Å². The molecule has 0 saturated heterocycles. The Kier molecular flexibility index (Phi) is 4.79. The first-order valence-electron chi connectivity index (χ1n) is 7.54. The van der Waals surface area contributed by atoms with Gasteiger partial charge in [-0.05, 0) is 36.1 Å². The summed E-state index contributed by atoms with van der Waals surface area (Å²) in [5.74, 6) is 0.136. The van der Waals surface area contributed by atoms with Crippen LogP contribution in [0, 0.1) is 17.0 Å². The minimum Gasteiger partial charge on any atom is -0.457 e. The second kappa shape index (κ2) is 6.38. The van der Waals surface area contributed by atoms with Gasteiger partial charge in [0.25, 0.3) is 5.69 Å². The molecule has 0 aliphatic heterocycles. The van der Waals surface area contributed by atoms with Gasteiger partial charge in [-0.1, -0.05) is 32.9 Å². The Balaban J connectivity index is 2.52. The highest BCUT2D eigenvalue weighted by molar-refractivity contribution is 5.53. The molecule has 0 aliphatic carbocycles. The van der Waals surface area contributed by atoms with Crippen molar-refractivity contribution in [3.8, 4) is 11.5 Å². The van der Waals surface area contributed by atoms with Gasteiger partial charge in [-0.25, -0.2) is 0 Å². The number of alkyl halides is 3. The van der Waals surface area contributed by atoms with E-state index in [-0.39, 0.29) is 16.7 Å². The molecule has 0 heterocycles. The molecule has 0 aromatic heterocycles. The Bertz CT molecular complexity index is 808. The van der Waals surface area contributed by atoms with Gasteiger partial charge in [-0.3, -0.25) is 10.1 Å². The summed E-state index contributed by atoms with van der Waals surface area (Å²) in [6, 6.07) is 8.23. The van der Waals surface area contributed by atoms with Crippen molar-refractivity contribution in [2.24, 2.45) is 0 Å². The van der Waals surface area contributed by atoms with Crippen LogP contribution < -0.4 is 4.74 Å². The van der Waals surface area contributed by atoms with Crippen LogP contribution >= 0.6 is 0 Å². The number of ether oxygens (including phenoxy) is 1. The fraction of sp³-hybridized carbons (Fsp3) is 0.333. The number of rotatable bonds is 3. The summed E-state index contributed by atoms with van der Waals surface area (Å²) >= 11 is 0. The molecule has 0 atom stereocenters. The van der Waals surface area contributed by atoms with Crippen molar-refractivity contribution < 1.29 is 22.8 Å². The predicted octanol–water partition coefficient (Wildman–Crippen LogP) is 6.01. The second-order valence-electron chi connectivity index (χ2n) is 6.75. The monoisotopic (exact) mass is 353 g/mol. The van der Waals surface area contributed by atoms with E-state index in [2.05, 4.69) is 0 Å². The minimum atomic E-state index is -4.70. The summed E-state index contributed by atoms with van der Waals surface area (Å²) in [6.07, 6.45) is -4.70. The van der Waals surface area contributed by atoms with E-state index in [4.69, 9.17) is 4.74 Å². The Hall–Kier alpha value is -2.57. The number of benzene rings is 2. The highest BCUT2D eigenvalue weighted by Gasteiger charge is 2.34. The number of hydrogen-bond donors (Lipinski definition) is 0. The van der Waals surface area contributed by atoms with Crippen molar-refractivity contribution >= 4 is 5.69 Å². The number of nitro groups is 1. The Morgan fingerprint density at radius 2 is 1.68 bits per heavy atom. The molecule has 0 spiro atoms. The van der Waals surface area contributed by atoms with Crippen molar-refractivity contribution in [2.45, 2.75) is 39.3 Å². The SMILES string of the molecule is Cc1c(Oc2cccc(C(C)(C)C)c2)cc(C(F)(F)F)cc1[N+](=O)[O-]. The van der Waals surface area contributed by atoms with Crippen LogP contribution in [0.3, 0.4) is 0 Å². The number of nitrogens with zero attached hydrogens (tertiary/aromatic N) is 1. The topological polar surface area (TPSA) is 52.4 Å². The molecule has 0 radical (unpaired) electrons. The number of nitro benzene ring substituents is 1. The predicted molar refractivity (Wildman–Crippen MR) is 88.1 cm³/mol. The molecule has 4 nitrogen and oxygen atoms in total. The molecule has 2 rings (SSSR count). The van der Waals surface area contributed by atoms with Crippen LogP contribution in [0.15, 0.2) is 36.4 Å². The molecule has 0 N–H and O–H groups in total. The summed E-state index contributed by atoms with van der Waals surface area (Å²) in [5, 5.41) is 11.1. The molecule has 134 valence electrons. The maximum Gasteiger partial charge on any atom is 0.416 e. The Labute approximate surface area is 143 Å². The third-order valence-corrected chi connectivity index (χ3v) is 3.78. The number of hydrogen-bond acceptors (Lipinski definition) is 3. The summed E-state index contributed by atoms with van der Waals surface area (Å²) in [6.45, 7) is 7.34. The van der Waals surface area contributed by atoms with Crippen molar-refractivity contribution in [3.63, 3.8) is 0 Å². The van der Waals surface area contributed by atoms with E-state index in [0.29, 0.717) is 11.8 Å². The van der Waals surface area contributed by atoms with Crippen LogP contribution in [0.25, 0.3) is 0 Å². The molecule has 0 amide bonds. The van der Waals surface area contributed by atoms with Crippen LogP contribution in [0.2, 0.25) is 0 Å². The lowest BCUT2D eigenvalue weighted by Crippen LogP contribution is -2.11. The Morgan fingerprint density at radius 3 is 2.20 bits per heavy atom. The van der Waals surface area contributed by atoms with Gasteiger partial charge >= 0.3 is 6.18 Å². The van der Waals surface area contributed by atoms with Crippen LogP contribution in [0.5, 0.6) is 11.5 Å². The smallest absolute Gasteiger partial charge is 0.416 e. The van der Waals surface area contributed by atoms with Crippen LogP contribution in [-0.4, -0.2) is 4.92 Å². The van der Waals surface area contributed by atoms with Gasteiger partial charge in [-0.2, -0.15) is 13.2 Å². The summed E-state index contributed by atoms with van der Waals surface area (Å²) in [5.41, 5.74) is -0.944. The van der Waals surface area contributed by atoms with E-state index in [1.807, 2.05) is 26.8 Å². The van der Waals surface area contributed by atoms with E-state index in [0.717, 1.165) is 11.6 Å². The molecule has 0 fully saturated rings. The Morgan fingerprint density at radius 1 is 1.04 bits per heavy atom. The standard InChI is InChI=1S/C18H18F3NO3/c1-11-15(22(23)24)9-13(18(19,20)21)10-16(11)25-14-7-5-6-12(8-14)17(2,3)4/h5-10H,1-4H3. The molecule has 7 heteroatoms. The normalized spacial score (nSPS) is 12.1. The average Bonchev–Trinajstić information content (AvgIpc) is 2.47. The average molecular weight is 353 g/mol. The van der Waals surface area contributed by atoms with E-state index >= 15 is 0 Å². The van der Waals surface area contributed by atoms with Crippen LogP contribution in [-0.2, 0) is 11.6 Å². The third kappa shape index (κ3) is 4.29. The van der Waals surface area contributed by atoms with Crippen LogP contribution in [0.4, 0.5) is 18.9 Å². The first-order chi connectivity index (χ1) is 11.4. The largest absolute Gasteiger partial charge is 0.457 e. The number of halogens is 3. The molecule has 0 saturated carbocycles. The molecule has 0 bridgehead atoms. The van der Waals surface area contributed by atoms with Crippen molar-refractivity contribution in [1.82, 2.24) is 0 Å². The van der Waals surface area contributed by atoms with Crippen molar-refractivity contribution in [3.05, 3.63) is 63.2 Å². The van der Waals surface area contributed by atoms with Gasteiger partial charge in [-0.15, -0.1) is 0 Å². The zero-order chi connectivity index (χ0) is 19.0. The van der Waals surface area contributed by atoms with Gasteiger partial charge in [0.2, 0.25) is 0 Å². The quantitative estimate of drug-likeness (QED) is 0.501. The first kappa shape index (κ1) is 18.8. The maximum absolute atomic E-state index is 13.0. The minimum absolute atomic E-state index is 0.0409. The molecular formula is C18H18F3NO3. The fourth-order valence-electron chi connectivity index (χ4n) is 2.29. The van der Waals surface area contributed by atoms with Gasteiger partial charge < -0.3 is 4.74 Å². The van der Waals surface area contributed by atoms with E-state index in [9.17, 15) is 23.3 Å². The van der Waals surface area contributed by atoms with Gasteiger partial charge in [0.15, 0.2) is 0 Å². The zero-order valence-electron chi connectivity index (χ0n) is 14.3. The summed E-state index contributed by atoms with van der Waals surface area (Å²) < 4.78 is 44.6. The summed E-state index contributed by atoms with van der Waals surface area (Å²) in [7, 11) is 0. The molecule has 0 aliphatic rings. The lowest BCUT2D eigenvalue weighted by Gasteiger charge is -2.20. The first-order valence-corrected chi connectivity index (χ1v) is 7.54. The summed E-state index contributed by atoms with van der Waals surface area (Å²) in [4.78, 5) is 10.2. The molecular weight excluding hydrogens is 335 g/mol. The van der Waals surface area contributed by atoms with Crippen molar-refractivity contribution in [2.75, 3.05) is 0 Å². The van der Waals surface area contributed by atoms with Crippen LogP contribution in [0.1, 0.15) is 37.5 Å². The second-order valence-corrected chi connectivity index (χ2v) is 6.75. The molecule has 25 heavy (non-hydrogen) atoms. The van der Waals surface area contributed by atoms with Gasteiger partial charge in [0.05, 0.1) is 16.1 Å². The van der Waals surface area contributed by atoms with Crippen molar-refractivity contribution in [1.29, 1.82) is 0 Å². The fourth-order valence-corrected chi connectivity index (χ4v) is 2.29. The highest BCUT2D eigenvalue weighted by Crippen LogP contribution is 2.39. The zero-order valence-corrected chi connectivity index (χ0v) is 14.3. The lowest BCUT2D eigenvalue weighted by molar-refractivity contribution is -0.385. The molecule has 2 aromatic carbocycles. The van der Waals surface area contributed by atoms with E-state index < -0.39 is 22.4 Å². The maximum atomic E-state index is 13.0. The lowest BCUT2D eigenvalue weighted by atomic mass is 9.87. The highest BCUT2D eigenvalue weighted by atomic mass is 19.4. The van der Waals surface area contributed by atoms with E-state index in [1.54, 1.807) is 18.2 Å². The van der Waals surface area contributed by atoms with E-state index in [1.165, 1.54) is 6.92 Å². The van der Waals surface area contributed by atoms with Gasteiger partial charge in [0, 0.05) is 6.07 Å². The molecule has 0 unspecified atom stereocenters. The third-order valence-electron chi connectivity index (χ3n) is 3.78.